The van der Waals surface area contributed by atoms with Gasteiger partial charge < -0.3 is 15.1 Å². The summed E-state index contributed by atoms with van der Waals surface area (Å²) in [6.45, 7) is 5.54. The number of hydrogen-bond acceptors (Lipinski definition) is 3. The van der Waals surface area contributed by atoms with E-state index < -0.39 is 0 Å². The molecule has 0 unspecified atom stereocenters. The van der Waals surface area contributed by atoms with Crippen molar-refractivity contribution in [1.82, 2.24) is 9.97 Å². The molecule has 20 heavy (non-hydrogen) atoms. The van der Waals surface area contributed by atoms with Crippen LogP contribution < -0.4 is 5.73 Å². The first-order valence-corrected chi connectivity index (χ1v) is 6.32. The van der Waals surface area contributed by atoms with E-state index >= 15 is 0 Å². The van der Waals surface area contributed by atoms with Crippen LogP contribution in [0.15, 0.2) is 47.0 Å². The van der Waals surface area contributed by atoms with E-state index in [4.69, 9.17) is 10.2 Å². The average Bonchev–Trinajstić information content (AvgIpc) is 3.00. The first kappa shape index (κ1) is 12.3. The Balaban J connectivity index is 2.12. The van der Waals surface area contributed by atoms with Crippen LogP contribution in [0.2, 0.25) is 0 Å². The van der Waals surface area contributed by atoms with Crippen LogP contribution in [0.3, 0.4) is 0 Å². The topological polar surface area (TPSA) is 67.8 Å². The zero-order valence-corrected chi connectivity index (χ0v) is 11.2. The van der Waals surface area contributed by atoms with E-state index in [1.165, 1.54) is 0 Å². The fourth-order valence-electron chi connectivity index (χ4n) is 2.11. The number of nitrogens with one attached hydrogen (secondary N) is 1. The van der Waals surface area contributed by atoms with Crippen LogP contribution in [0.4, 0.5) is 0 Å². The lowest BCUT2D eigenvalue weighted by Crippen LogP contribution is -1.90. The van der Waals surface area contributed by atoms with Crippen LogP contribution >= 0.6 is 0 Å². The Labute approximate surface area is 116 Å². The van der Waals surface area contributed by atoms with Gasteiger partial charge in [0.15, 0.2) is 5.76 Å². The molecule has 4 heteroatoms. The van der Waals surface area contributed by atoms with E-state index in [9.17, 15) is 0 Å². The van der Waals surface area contributed by atoms with Gasteiger partial charge in [-0.05, 0) is 31.2 Å². The number of hydrogen-bond donors (Lipinski definition) is 2. The molecule has 3 rings (SSSR count). The highest BCUT2D eigenvalue weighted by Crippen LogP contribution is 2.26. The summed E-state index contributed by atoms with van der Waals surface area (Å²) in [6.07, 6.45) is 3.40. The monoisotopic (exact) mass is 265 g/mol. The highest BCUT2D eigenvalue weighted by atomic mass is 16.4. The minimum atomic E-state index is 0.531. The molecule has 2 heterocycles. The number of para-hydroxylation sites is 1. The lowest BCUT2D eigenvalue weighted by Gasteiger charge is -1.88. The number of benzene rings is 1. The maximum atomic E-state index is 5.72. The Morgan fingerprint density at radius 2 is 2.20 bits per heavy atom. The van der Waals surface area contributed by atoms with E-state index in [0.717, 1.165) is 16.6 Å². The number of nitrogens with zero attached hydrogens (tertiary/aromatic N) is 1. The van der Waals surface area contributed by atoms with E-state index in [0.29, 0.717) is 23.0 Å². The fourth-order valence-corrected chi connectivity index (χ4v) is 2.11. The van der Waals surface area contributed by atoms with Crippen LogP contribution in [0, 0.1) is 0 Å². The van der Waals surface area contributed by atoms with Crippen molar-refractivity contribution in [3.63, 3.8) is 0 Å². The summed E-state index contributed by atoms with van der Waals surface area (Å²) in [5, 5.41) is 1.12. The summed E-state index contributed by atoms with van der Waals surface area (Å²) in [4.78, 5) is 7.75. The Bertz CT molecular complexity index is 771. The van der Waals surface area contributed by atoms with Crippen LogP contribution in [0.25, 0.3) is 34.6 Å². The molecule has 0 atom stereocenters. The number of aromatic nitrogens is 2. The molecule has 0 amide bonds. The predicted molar refractivity (Wildman–Crippen MR) is 81.7 cm³/mol. The van der Waals surface area contributed by atoms with Crippen molar-refractivity contribution >= 4 is 23.1 Å². The quantitative estimate of drug-likeness (QED) is 0.757. The van der Waals surface area contributed by atoms with Crippen molar-refractivity contribution in [3.8, 4) is 11.6 Å². The van der Waals surface area contributed by atoms with Crippen molar-refractivity contribution in [2.24, 2.45) is 5.73 Å². The predicted octanol–water partition coefficient (Wildman–Crippen LogP) is 3.79. The number of aromatic amines is 1. The Morgan fingerprint density at radius 3 is 2.90 bits per heavy atom. The molecule has 0 radical (unpaired) electrons. The average molecular weight is 265 g/mol. The zero-order chi connectivity index (χ0) is 14.1. The number of oxazole rings is 1. The highest BCUT2D eigenvalue weighted by Gasteiger charge is 2.13. The number of rotatable bonds is 3. The van der Waals surface area contributed by atoms with E-state index in [-0.39, 0.29) is 0 Å². The van der Waals surface area contributed by atoms with Crippen LogP contribution in [0.5, 0.6) is 0 Å². The van der Waals surface area contributed by atoms with Gasteiger partial charge in [0.2, 0.25) is 5.89 Å². The Hall–Kier alpha value is -2.75. The van der Waals surface area contributed by atoms with Gasteiger partial charge in [0, 0.05) is 16.6 Å². The zero-order valence-electron chi connectivity index (χ0n) is 11.2. The molecular weight excluding hydrogens is 250 g/mol. The molecule has 0 bridgehead atoms. The van der Waals surface area contributed by atoms with Crippen molar-refractivity contribution in [1.29, 1.82) is 0 Å². The van der Waals surface area contributed by atoms with Gasteiger partial charge in [0.1, 0.15) is 11.4 Å². The molecule has 0 fully saturated rings. The van der Waals surface area contributed by atoms with E-state index in [1.54, 1.807) is 12.2 Å². The lowest BCUT2D eigenvalue weighted by atomic mass is 10.2. The van der Waals surface area contributed by atoms with Gasteiger partial charge in [-0.15, -0.1) is 0 Å². The summed E-state index contributed by atoms with van der Waals surface area (Å²) >= 11 is 0. The molecular formula is C16H15N3O. The van der Waals surface area contributed by atoms with Gasteiger partial charge in [0.05, 0.1) is 0 Å². The summed E-state index contributed by atoms with van der Waals surface area (Å²) in [7, 11) is 0. The van der Waals surface area contributed by atoms with Crippen molar-refractivity contribution < 1.29 is 4.42 Å². The smallest absolute Gasteiger partial charge is 0.244 e. The maximum Gasteiger partial charge on any atom is 0.244 e. The Morgan fingerprint density at radius 1 is 1.40 bits per heavy atom. The lowest BCUT2D eigenvalue weighted by molar-refractivity contribution is 0.562. The molecule has 0 aliphatic rings. The molecule has 2 aromatic heterocycles. The second-order valence-corrected chi connectivity index (χ2v) is 4.63. The van der Waals surface area contributed by atoms with Crippen LogP contribution in [-0.4, -0.2) is 9.97 Å². The number of fused-ring (bicyclic) bond motifs is 1. The summed E-state index contributed by atoms with van der Waals surface area (Å²) in [5.41, 5.74) is 8.94. The van der Waals surface area contributed by atoms with E-state index in [1.807, 2.05) is 37.3 Å². The van der Waals surface area contributed by atoms with Gasteiger partial charge in [-0.2, -0.15) is 0 Å². The minimum absolute atomic E-state index is 0.531. The van der Waals surface area contributed by atoms with Gasteiger partial charge in [-0.25, -0.2) is 4.98 Å². The standard InChI is InChI=1S/C16H15N3O/c1-3-15-13(8-10(2)17)19-16(20-15)14-9-11-6-4-5-7-12(11)18-14/h3-9,18H,1,17H2,2H3/b10-8+. The number of nitrogens with two attached hydrogens (primary N) is 1. The summed E-state index contributed by atoms with van der Waals surface area (Å²) in [5.74, 6) is 1.15. The SMILES string of the molecule is C=Cc1oc(-c2cc3ccccc3[nH]2)nc1/C=C(\C)N. The van der Waals surface area contributed by atoms with Crippen molar-refractivity contribution in [3.05, 3.63) is 54.1 Å². The third kappa shape index (κ3) is 2.12. The molecule has 4 nitrogen and oxygen atoms in total. The van der Waals surface area contributed by atoms with Gasteiger partial charge in [-0.1, -0.05) is 24.8 Å². The Kier molecular flexibility index (Phi) is 2.91. The maximum absolute atomic E-state index is 5.72. The minimum Gasteiger partial charge on any atom is -0.435 e. The molecule has 0 saturated carbocycles. The highest BCUT2D eigenvalue weighted by molar-refractivity contribution is 5.84. The van der Waals surface area contributed by atoms with Gasteiger partial charge >= 0.3 is 0 Å². The normalized spacial score (nSPS) is 11.9. The van der Waals surface area contributed by atoms with Crippen LogP contribution in [0.1, 0.15) is 18.4 Å². The fraction of sp³-hybridized carbons (Fsp3) is 0.0625. The van der Waals surface area contributed by atoms with Gasteiger partial charge in [-0.3, -0.25) is 0 Å². The van der Waals surface area contributed by atoms with Crippen LogP contribution in [-0.2, 0) is 0 Å². The van der Waals surface area contributed by atoms with Crippen molar-refractivity contribution in [2.45, 2.75) is 6.92 Å². The third-order valence-electron chi connectivity index (χ3n) is 2.99. The molecule has 3 N–H and O–H groups in total. The van der Waals surface area contributed by atoms with Crippen molar-refractivity contribution in [2.75, 3.05) is 0 Å². The molecule has 0 spiro atoms. The molecule has 100 valence electrons. The van der Waals surface area contributed by atoms with E-state index in [2.05, 4.69) is 16.5 Å². The molecule has 0 aliphatic carbocycles. The first-order valence-electron chi connectivity index (χ1n) is 6.32. The molecule has 0 saturated heterocycles. The number of allylic oxidation sites excluding steroid dienone is 1. The molecule has 3 aromatic rings. The first-order chi connectivity index (χ1) is 9.67. The number of H-pyrrole nitrogens is 1. The van der Waals surface area contributed by atoms with Gasteiger partial charge in [0.25, 0.3) is 0 Å². The molecule has 1 aromatic carbocycles. The second kappa shape index (κ2) is 4.74. The second-order valence-electron chi connectivity index (χ2n) is 4.63. The summed E-state index contributed by atoms with van der Waals surface area (Å²) < 4.78 is 5.72. The molecule has 0 aliphatic heterocycles. The summed E-state index contributed by atoms with van der Waals surface area (Å²) in [6, 6.07) is 10.0. The largest absolute Gasteiger partial charge is 0.435 e. The third-order valence-corrected chi connectivity index (χ3v) is 2.99.